The van der Waals surface area contributed by atoms with Crippen molar-refractivity contribution in [2.24, 2.45) is 0 Å². The van der Waals surface area contributed by atoms with Crippen LogP contribution in [0.4, 0.5) is 4.39 Å². The standard InChI is InChI=1S/C24H28FN5O2S/c1-28(2)23(31)20-5-3-18(4-6-20)17-33-24-27-26-22(19-7-9-21(25)10-8-19)30(24)12-11-29-13-15-32-16-14-29/h3-10H,11-17H2,1-2H3. The Kier molecular flexibility index (Phi) is 7.74. The first-order valence-electron chi connectivity index (χ1n) is 10.9. The Bertz CT molecular complexity index is 1060. The fourth-order valence-corrected chi connectivity index (χ4v) is 4.55. The van der Waals surface area contributed by atoms with Crippen molar-refractivity contribution in [2.75, 3.05) is 46.9 Å². The first kappa shape index (κ1) is 23.4. The fraction of sp³-hybridized carbons (Fsp3) is 0.375. The molecule has 0 N–H and O–H groups in total. The van der Waals surface area contributed by atoms with E-state index in [0.29, 0.717) is 11.3 Å². The van der Waals surface area contributed by atoms with Crippen LogP contribution in [0.1, 0.15) is 15.9 Å². The van der Waals surface area contributed by atoms with E-state index >= 15 is 0 Å². The molecule has 1 amide bonds. The minimum atomic E-state index is -0.274. The smallest absolute Gasteiger partial charge is 0.253 e. The minimum absolute atomic E-state index is 0.0130. The van der Waals surface area contributed by atoms with Crippen molar-refractivity contribution in [3.63, 3.8) is 0 Å². The van der Waals surface area contributed by atoms with Gasteiger partial charge >= 0.3 is 0 Å². The fourth-order valence-electron chi connectivity index (χ4n) is 3.63. The van der Waals surface area contributed by atoms with Crippen molar-refractivity contribution < 1.29 is 13.9 Å². The molecule has 0 aliphatic carbocycles. The number of nitrogens with zero attached hydrogens (tertiary/aromatic N) is 5. The summed E-state index contributed by atoms with van der Waals surface area (Å²) in [7, 11) is 3.49. The van der Waals surface area contributed by atoms with Crippen LogP contribution in [0, 0.1) is 5.82 Å². The second kappa shape index (κ2) is 10.9. The maximum atomic E-state index is 13.4. The number of halogens is 1. The number of carbonyl (C=O) groups is 1. The van der Waals surface area contributed by atoms with E-state index in [2.05, 4.69) is 19.7 Å². The third-order valence-corrected chi connectivity index (χ3v) is 6.58. The van der Waals surface area contributed by atoms with Gasteiger partial charge in [-0.25, -0.2) is 4.39 Å². The monoisotopic (exact) mass is 469 g/mol. The van der Waals surface area contributed by atoms with E-state index in [1.807, 2.05) is 24.3 Å². The molecular formula is C24H28FN5O2S. The van der Waals surface area contributed by atoms with Crippen molar-refractivity contribution in [3.8, 4) is 11.4 Å². The zero-order chi connectivity index (χ0) is 23.2. The molecule has 0 spiro atoms. The van der Waals surface area contributed by atoms with Crippen molar-refractivity contribution in [3.05, 3.63) is 65.5 Å². The summed E-state index contributed by atoms with van der Waals surface area (Å²) in [5, 5.41) is 9.68. The Morgan fingerprint density at radius 3 is 2.39 bits per heavy atom. The van der Waals surface area contributed by atoms with Gasteiger partial charge in [-0.2, -0.15) is 0 Å². The summed E-state index contributed by atoms with van der Waals surface area (Å²) in [6, 6.07) is 14.0. The third-order valence-electron chi connectivity index (χ3n) is 5.54. The molecule has 3 aromatic rings. The number of aromatic nitrogens is 3. The van der Waals surface area contributed by atoms with Gasteiger partial charge in [-0.05, 0) is 42.0 Å². The molecule has 4 rings (SSSR count). The summed E-state index contributed by atoms with van der Waals surface area (Å²) < 4.78 is 21.0. The SMILES string of the molecule is CN(C)C(=O)c1ccc(CSc2nnc(-c3ccc(F)cc3)n2CCN2CCOCC2)cc1. The minimum Gasteiger partial charge on any atom is -0.379 e. The van der Waals surface area contributed by atoms with Gasteiger partial charge in [-0.3, -0.25) is 9.69 Å². The van der Waals surface area contributed by atoms with Gasteiger partial charge in [0.05, 0.1) is 13.2 Å². The number of amides is 1. The summed E-state index contributed by atoms with van der Waals surface area (Å²) in [6.07, 6.45) is 0. The van der Waals surface area contributed by atoms with E-state index < -0.39 is 0 Å². The highest BCUT2D eigenvalue weighted by Crippen LogP contribution is 2.27. The van der Waals surface area contributed by atoms with Crippen LogP contribution in [0.3, 0.4) is 0 Å². The largest absolute Gasteiger partial charge is 0.379 e. The van der Waals surface area contributed by atoms with Crippen LogP contribution in [0.25, 0.3) is 11.4 Å². The van der Waals surface area contributed by atoms with Gasteiger partial charge in [0.1, 0.15) is 5.82 Å². The van der Waals surface area contributed by atoms with E-state index in [4.69, 9.17) is 4.74 Å². The zero-order valence-corrected chi connectivity index (χ0v) is 19.7. The Hall–Kier alpha value is -2.75. The second-order valence-corrected chi connectivity index (χ2v) is 9.05. The molecule has 2 heterocycles. The lowest BCUT2D eigenvalue weighted by atomic mass is 10.1. The number of morpholine rings is 1. The molecule has 2 aromatic carbocycles. The Labute approximate surface area is 197 Å². The summed E-state index contributed by atoms with van der Waals surface area (Å²) in [4.78, 5) is 16.0. The highest BCUT2D eigenvalue weighted by molar-refractivity contribution is 7.98. The van der Waals surface area contributed by atoms with Gasteiger partial charge in [0.25, 0.3) is 5.91 Å². The lowest BCUT2D eigenvalue weighted by Gasteiger charge is -2.27. The van der Waals surface area contributed by atoms with Crippen LogP contribution in [-0.2, 0) is 17.0 Å². The van der Waals surface area contributed by atoms with Crippen LogP contribution < -0.4 is 0 Å². The highest BCUT2D eigenvalue weighted by Gasteiger charge is 2.17. The number of benzene rings is 2. The van der Waals surface area contributed by atoms with Crippen molar-refractivity contribution in [1.29, 1.82) is 0 Å². The van der Waals surface area contributed by atoms with E-state index in [1.165, 1.54) is 12.1 Å². The maximum Gasteiger partial charge on any atom is 0.253 e. The van der Waals surface area contributed by atoms with Gasteiger partial charge in [-0.1, -0.05) is 23.9 Å². The lowest BCUT2D eigenvalue weighted by Crippen LogP contribution is -2.38. The zero-order valence-electron chi connectivity index (χ0n) is 18.9. The molecule has 174 valence electrons. The molecule has 33 heavy (non-hydrogen) atoms. The Morgan fingerprint density at radius 1 is 1.03 bits per heavy atom. The quantitative estimate of drug-likeness (QED) is 0.471. The van der Waals surface area contributed by atoms with Crippen molar-refractivity contribution in [2.45, 2.75) is 17.5 Å². The van der Waals surface area contributed by atoms with Crippen LogP contribution in [0.5, 0.6) is 0 Å². The van der Waals surface area contributed by atoms with E-state index in [9.17, 15) is 9.18 Å². The average molecular weight is 470 g/mol. The predicted molar refractivity (Wildman–Crippen MR) is 127 cm³/mol. The molecule has 0 unspecified atom stereocenters. The van der Waals surface area contributed by atoms with Gasteiger partial charge in [0.15, 0.2) is 11.0 Å². The van der Waals surface area contributed by atoms with E-state index in [0.717, 1.165) is 61.5 Å². The second-order valence-electron chi connectivity index (χ2n) is 8.10. The lowest BCUT2D eigenvalue weighted by molar-refractivity contribution is 0.0361. The normalized spacial score (nSPS) is 14.4. The molecule has 1 aromatic heterocycles. The molecule has 0 atom stereocenters. The molecule has 1 fully saturated rings. The van der Waals surface area contributed by atoms with Crippen LogP contribution >= 0.6 is 11.8 Å². The predicted octanol–water partition coefficient (Wildman–Crippen LogP) is 3.41. The summed E-state index contributed by atoms with van der Waals surface area (Å²) in [5.41, 5.74) is 2.60. The first-order valence-corrected chi connectivity index (χ1v) is 11.9. The van der Waals surface area contributed by atoms with Crippen LogP contribution in [-0.4, -0.2) is 77.4 Å². The highest BCUT2D eigenvalue weighted by atomic mass is 32.2. The molecule has 9 heteroatoms. The summed E-state index contributed by atoms with van der Waals surface area (Å²) in [6.45, 7) is 4.92. The van der Waals surface area contributed by atoms with Crippen LogP contribution in [0.2, 0.25) is 0 Å². The van der Waals surface area contributed by atoms with Gasteiger partial charge in [0.2, 0.25) is 0 Å². The summed E-state index contributed by atoms with van der Waals surface area (Å²) in [5.74, 6) is 1.15. The Morgan fingerprint density at radius 2 is 1.73 bits per heavy atom. The van der Waals surface area contributed by atoms with Gasteiger partial charge in [0, 0.05) is 57.2 Å². The molecular weight excluding hydrogens is 441 g/mol. The summed E-state index contributed by atoms with van der Waals surface area (Å²) >= 11 is 1.60. The van der Waals surface area contributed by atoms with Gasteiger partial charge in [-0.15, -0.1) is 10.2 Å². The van der Waals surface area contributed by atoms with Crippen molar-refractivity contribution in [1.82, 2.24) is 24.6 Å². The molecule has 0 bridgehead atoms. The topological polar surface area (TPSA) is 63.5 Å². The molecule has 7 nitrogen and oxygen atoms in total. The number of rotatable bonds is 8. The third kappa shape index (κ3) is 5.98. The molecule has 1 aliphatic rings. The average Bonchev–Trinajstić information content (AvgIpc) is 3.25. The Balaban J connectivity index is 1.50. The number of ether oxygens (including phenoxy) is 1. The van der Waals surface area contributed by atoms with E-state index in [1.54, 1.807) is 42.9 Å². The number of hydrogen-bond donors (Lipinski definition) is 0. The molecule has 1 aliphatic heterocycles. The maximum absolute atomic E-state index is 13.4. The number of carbonyl (C=O) groups excluding carboxylic acids is 1. The number of hydrogen-bond acceptors (Lipinski definition) is 6. The molecule has 0 radical (unpaired) electrons. The molecule has 0 saturated carbocycles. The van der Waals surface area contributed by atoms with Gasteiger partial charge < -0.3 is 14.2 Å². The molecule has 1 saturated heterocycles. The number of thioether (sulfide) groups is 1. The first-order chi connectivity index (χ1) is 16.0. The van der Waals surface area contributed by atoms with Crippen LogP contribution in [0.15, 0.2) is 53.7 Å². The van der Waals surface area contributed by atoms with Crippen molar-refractivity contribution >= 4 is 17.7 Å². The van der Waals surface area contributed by atoms with E-state index in [-0.39, 0.29) is 11.7 Å².